The van der Waals surface area contributed by atoms with Crippen LogP contribution in [0.25, 0.3) is 0 Å². The topological polar surface area (TPSA) is 220 Å². The number of carbonyl (C=O) groups is 7. The number of imide groups is 1. The summed E-state index contributed by atoms with van der Waals surface area (Å²) in [4.78, 5) is 92.5. The van der Waals surface area contributed by atoms with Gasteiger partial charge in [-0.05, 0) is 6.42 Å². The molecule has 0 aliphatic carbocycles. The number of amides is 4. The number of likely N-dealkylation sites (tertiary alicyclic amines) is 1. The van der Waals surface area contributed by atoms with Crippen molar-refractivity contribution in [1.82, 2.24) is 35.1 Å². The Bertz CT molecular complexity index is 1080. The lowest BCUT2D eigenvalue weighted by Crippen LogP contribution is -2.50. The molecule has 0 bridgehead atoms. The number of aliphatic carboxylic acids is 3. The molecule has 2 rings (SSSR count). The number of hydrogen-bond donors (Lipinski definition) is 5. The number of rotatable bonds is 19. The maximum Gasteiger partial charge on any atom is 0.317 e. The van der Waals surface area contributed by atoms with Crippen LogP contribution in [-0.4, -0.2) is 191 Å². The summed E-state index contributed by atoms with van der Waals surface area (Å²) < 4.78 is 0. The van der Waals surface area contributed by atoms with Gasteiger partial charge in [-0.15, -0.1) is 11.8 Å². The molecule has 1 unspecified atom stereocenters. The van der Waals surface area contributed by atoms with Crippen molar-refractivity contribution >= 4 is 53.3 Å². The SMILES string of the molecule is CCCCCCNC(=O)CSC1CC(=O)N(CCNC(=O)CN2CCN(CC(=O)O)CCN(CC(=O)O)CCN(CC(=O)O)CC2)C1=O. The molecule has 2 heterocycles. The van der Waals surface area contributed by atoms with Gasteiger partial charge < -0.3 is 26.0 Å². The van der Waals surface area contributed by atoms with Gasteiger partial charge in [0.1, 0.15) is 0 Å². The molecular weight excluding hydrogens is 650 g/mol. The highest BCUT2D eigenvalue weighted by atomic mass is 32.2. The number of hydrogen-bond acceptors (Lipinski definition) is 12. The van der Waals surface area contributed by atoms with E-state index in [1.807, 2.05) is 0 Å². The molecule has 17 nitrogen and oxygen atoms in total. The summed E-state index contributed by atoms with van der Waals surface area (Å²) in [5.74, 6) is -4.38. The maximum absolute atomic E-state index is 12.9. The molecule has 5 N–H and O–H groups in total. The van der Waals surface area contributed by atoms with E-state index < -0.39 is 29.1 Å². The van der Waals surface area contributed by atoms with E-state index in [1.54, 1.807) is 19.6 Å². The summed E-state index contributed by atoms with van der Waals surface area (Å²) in [5.41, 5.74) is 0. The number of nitrogens with one attached hydrogen (secondary N) is 2. The summed E-state index contributed by atoms with van der Waals surface area (Å²) in [7, 11) is 0. The molecule has 4 amide bonds. The minimum absolute atomic E-state index is 0.0112. The van der Waals surface area contributed by atoms with Crippen molar-refractivity contribution in [1.29, 1.82) is 0 Å². The van der Waals surface area contributed by atoms with E-state index >= 15 is 0 Å². The average molecular weight is 702 g/mol. The van der Waals surface area contributed by atoms with E-state index in [0.29, 0.717) is 6.54 Å². The van der Waals surface area contributed by atoms with Crippen molar-refractivity contribution in [3.8, 4) is 0 Å². The number of unbranched alkanes of at least 4 members (excludes halogenated alkanes) is 3. The van der Waals surface area contributed by atoms with Crippen LogP contribution < -0.4 is 10.6 Å². The molecule has 0 aromatic rings. The van der Waals surface area contributed by atoms with E-state index in [4.69, 9.17) is 0 Å². The molecule has 2 fully saturated rings. The smallest absolute Gasteiger partial charge is 0.317 e. The van der Waals surface area contributed by atoms with Crippen molar-refractivity contribution < 1.29 is 48.9 Å². The van der Waals surface area contributed by atoms with Gasteiger partial charge in [0.25, 0.3) is 0 Å². The Morgan fingerprint density at radius 3 is 1.58 bits per heavy atom. The summed E-state index contributed by atoms with van der Waals surface area (Å²) in [6.45, 7) is 3.97. The molecule has 0 radical (unpaired) electrons. The lowest BCUT2D eigenvalue weighted by Gasteiger charge is -2.32. The van der Waals surface area contributed by atoms with Crippen molar-refractivity contribution in [2.45, 2.75) is 44.3 Å². The largest absolute Gasteiger partial charge is 0.480 e. The Morgan fingerprint density at radius 1 is 0.667 bits per heavy atom. The monoisotopic (exact) mass is 701 g/mol. The van der Waals surface area contributed by atoms with Crippen LogP contribution in [0.1, 0.15) is 39.0 Å². The van der Waals surface area contributed by atoms with Crippen molar-refractivity contribution in [3.63, 3.8) is 0 Å². The summed E-state index contributed by atoms with van der Waals surface area (Å²) in [5, 5.41) is 33.0. The van der Waals surface area contributed by atoms with Crippen LogP contribution in [0.2, 0.25) is 0 Å². The fraction of sp³-hybridized carbons (Fsp3) is 0.767. The molecule has 1 atom stereocenters. The Hall–Kier alpha value is -3.32. The molecule has 0 aromatic carbocycles. The standard InChI is InChI=1S/C30H51N7O10S/c1-2-3-4-5-6-31-25(39)22-48-23-17-26(40)37(30(23)47)8-7-32-24(38)18-33-9-11-34(19-27(41)42)13-15-36(21-29(45)46)16-14-35(12-10-33)20-28(43)44/h23H,2-22H2,1H3,(H,31,39)(H,32,38)(H,41,42)(H,43,44)(H,45,46). The highest BCUT2D eigenvalue weighted by Crippen LogP contribution is 2.24. The first-order valence-electron chi connectivity index (χ1n) is 16.4. The van der Waals surface area contributed by atoms with Gasteiger partial charge in [-0.2, -0.15) is 0 Å². The van der Waals surface area contributed by atoms with Gasteiger partial charge in [-0.3, -0.25) is 58.1 Å². The number of carbonyl (C=O) groups excluding carboxylic acids is 4. The van der Waals surface area contributed by atoms with Gasteiger partial charge in [0.05, 0.1) is 37.2 Å². The quantitative estimate of drug-likeness (QED) is 0.0736. The van der Waals surface area contributed by atoms with Crippen LogP contribution in [0.15, 0.2) is 0 Å². The minimum atomic E-state index is -1.04. The zero-order valence-corrected chi connectivity index (χ0v) is 28.6. The van der Waals surface area contributed by atoms with E-state index in [0.717, 1.165) is 42.3 Å². The lowest BCUT2D eigenvalue weighted by molar-refractivity contribution is -0.140. The normalized spacial score (nSPS) is 19.4. The molecule has 2 aliphatic rings. The zero-order valence-electron chi connectivity index (χ0n) is 27.8. The Labute approximate surface area is 285 Å². The van der Waals surface area contributed by atoms with Gasteiger partial charge in [-0.1, -0.05) is 26.2 Å². The number of thioether (sulfide) groups is 1. The molecule has 2 saturated heterocycles. The third kappa shape index (κ3) is 16.7. The van der Waals surface area contributed by atoms with Crippen LogP contribution in [0.3, 0.4) is 0 Å². The van der Waals surface area contributed by atoms with Crippen LogP contribution in [0.5, 0.6) is 0 Å². The molecule has 2 aliphatic heterocycles. The first-order valence-corrected chi connectivity index (χ1v) is 17.5. The summed E-state index contributed by atoms with van der Waals surface area (Å²) in [6.07, 6.45) is 4.13. The van der Waals surface area contributed by atoms with Gasteiger partial charge >= 0.3 is 17.9 Å². The molecule has 48 heavy (non-hydrogen) atoms. The average Bonchev–Trinajstić information content (AvgIpc) is 3.28. The first-order chi connectivity index (χ1) is 22.9. The van der Waals surface area contributed by atoms with Crippen LogP contribution >= 0.6 is 11.8 Å². The van der Waals surface area contributed by atoms with E-state index in [1.165, 1.54) is 0 Å². The predicted octanol–water partition coefficient (Wildman–Crippen LogP) is -1.86. The number of carboxylic acids is 3. The molecule has 18 heteroatoms. The predicted molar refractivity (Wildman–Crippen MR) is 176 cm³/mol. The first kappa shape index (κ1) is 40.9. The zero-order chi connectivity index (χ0) is 35.5. The van der Waals surface area contributed by atoms with Gasteiger partial charge in [0.2, 0.25) is 23.6 Å². The minimum Gasteiger partial charge on any atom is -0.480 e. The highest BCUT2D eigenvalue weighted by molar-refractivity contribution is 8.01. The molecule has 0 aromatic heterocycles. The van der Waals surface area contributed by atoms with Gasteiger partial charge in [0.15, 0.2) is 0 Å². The van der Waals surface area contributed by atoms with E-state index in [2.05, 4.69) is 17.6 Å². The van der Waals surface area contributed by atoms with Crippen LogP contribution in [-0.2, 0) is 33.6 Å². The fourth-order valence-electron chi connectivity index (χ4n) is 5.38. The molecular formula is C30H51N7O10S. The van der Waals surface area contributed by atoms with Crippen molar-refractivity contribution in [2.24, 2.45) is 0 Å². The number of nitrogens with zero attached hydrogens (tertiary/aromatic N) is 5. The van der Waals surface area contributed by atoms with Crippen LogP contribution in [0.4, 0.5) is 0 Å². The Kier molecular flexibility index (Phi) is 19.0. The summed E-state index contributed by atoms with van der Waals surface area (Å²) in [6, 6.07) is 0. The van der Waals surface area contributed by atoms with E-state index in [-0.39, 0.29) is 122 Å². The number of carboxylic acid groups (broad SMARTS) is 3. The second-order valence-electron chi connectivity index (χ2n) is 11.9. The maximum atomic E-state index is 12.9. The molecule has 0 spiro atoms. The lowest BCUT2D eigenvalue weighted by atomic mass is 10.2. The highest BCUT2D eigenvalue weighted by Gasteiger charge is 2.38. The second kappa shape index (κ2) is 22.3. The summed E-state index contributed by atoms with van der Waals surface area (Å²) >= 11 is 1.13. The third-order valence-corrected chi connectivity index (χ3v) is 9.20. The molecule has 272 valence electrons. The Morgan fingerprint density at radius 2 is 1.12 bits per heavy atom. The van der Waals surface area contributed by atoms with Crippen molar-refractivity contribution in [2.75, 3.05) is 104 Å². The van der Waals surface area contributed by atoms with Crippen molar-refractivity contribution in [3.05, 3.63) is 0 Å². The van der Waals surface area contributed by atoms with Crippen LogP contribution in [0, 0.1) is 0 Å². The fourth-order valence-corrected chi connectivity index (χ4v) is 6.36. The van der Waals surface area contributed by atoms with E-state index in [9.17, 15) is 48.9 Å². The second-order valence-corrected chi connectivity index (χ2v) is 13.1. The molecule has 0 saturated carbocycles. The van der Waals surface area contributed by atoms with Gasteiger partial charge in [-0.25, -0.2) is 0 Å². The van der Waals surface area contributed by atoms with Gasteiger partial charge in [0, 0.05) is 78.4 Å². The third-order valence-electron chi connectivity index (χ3n) is 8.00. The Balaban J connectivity index is 1.90.